The first-order valence-electron chi connectivity index (χ1n) is 6.49. The minimum Gasteiger partial charge on any atom is -0.309 e. The zero-order chi connectivity index (χ0) is 15.9. The summed E-state index contributed by atoms with van der Waals surface area (Å²) in [4.78, 5) is 27.9. The fourth-order valence-electron chi connectivity index (χ4n) is 1.84. The van der Waals surface area contributed by atoms with Crippen molar-refractivity contribution in [1.82, 2.24) is 4.98 Å². The second kappa shape index (κ2) is 7.09. The van der Waals surface area contributed by atoms with Gasteiger partial charge >= 0.3 is 0 Å². The minimum absolute atomic E-state index is 0.151. The molecular weight excluding hydrogens is 285 g/mol. The monoisotopic (exact) mass is 297 g/mol. The highest BCUT2D eigenvalue weighted by Crippen LogP contribution is 2.12. The molecule has 2 aromatic rings. The van der Waals surface area contributed by atoms with Crippen LogP contribution < -0.4 is 5.32 Å². The quantitative estimate of drug-likeness (QED) is 0.857. The van der Waals surface area contributed by atoms with E-state index < -0.39 is 23.4 Å². The standard InChI is InChI=1S/C16H12FN3O2/c17-13-6-2-1-5-11(13)9-14(21)12(10-18)16(22)20-15-7-3-4-8-19-15/h1-8,12H,9H2,(H,19,20,22)/t12-/m1/s1. The first-order valence-corrected chi connectivity index (χ1v) is 6.49. The first kappa shape index (κ1) is 15.3. The topological polar surface area (TPSA) is 82.8 Å². The average Bonchev–Trinajstić information content (AvgIpc) is 2.51. The summed E-state index contributed by atoms with van der Waals surface area (Å²) in [6.45, 7) is 0. The zero-order valence-corrected chi connectivity index (χ0v) is 11.5. The van der Waals surface area contributed by atoms with E-state index in [0.717, 1.165) is 0 Å². The molecule has 0 radical (unpaired) electrons. The van der Waals surface area contributed by atoms with Crippen molar-refractivity contribution in [2.45, 2.75) is 6.42 Å². The number of nitrogens with one attached hydrogen (secondary N) is 1. The molecule has 110 valence electrons. The van der Waals surface area contributed by atoms with E-state index in [1.54, 1.807) is 24.3 Å². The highest BCUT2D eigenvalue weighted by Gasteiger charge is 2.27. The van der Waals surface area contributed by atoms with Gasteiger partial charge in [-0.25, -0.2) is 9.37 Å². The van der Waals surface area contributed by atoms with Gasteiger partial charge in [-0.3, -0.25) is 9.59 Å². The van der Waals surface area contributed by atoms with Crippen molar-refractivity contribution in [1.29, 1.82) is 5.26 Å². The van der Waals surface area contributed by atoms with Crippen LogP contribution in [0, 0.1) is 23.1 Å². The zero-order valence-electron chi connectivity index (χ0n) is 11.5. The van der Waals surface area contributed by atoms with Crippen LogP contribution in [0.15, 0.2) is 48.7 Å². The van der Waals surface area contributed by atoms with Gasteiger partial charge in [-0.15, -0.1) is 0 Å². The predicted octanol–water partition coefficient (Wildman–Crippen LogP) is 2.11. The Kier molecular flexibility index (Phi) is 4.94. The van der Waals surface area contributed by atoms with E-state index in [0.29, 0.717) is 0 Å². The number of hydrogen-bond acceptors (Lipinski definition) is 4. The number of aromatic nitrogens is 1. The molecule has 1 N–H and O–H groups in total. The van der Waals surface area contributed by atoms with Gasteiger partial charge in [0.1, 0.15) is 11.6 Å². The van der Waals surface area contributed by atoms with Gasteiger partial charge in [0, 0.05) is 12.6 Å². The maximum atomic E-state index is 13.5. The largest absolute Gasteiger partial charge is 0.309 e. The summed E-state index contributed by atoms with van der Waals surface area (Å²) in [7, 11) is 0. The Morgan fingerprint density at radius 2 is 1.95 bits per heavy atom. The highest BCUT2D eigenvalue weighted by atomic mass is 19.1. The van der Waals surface area contributed by atoms with Crippen molar-refractivity contribution < 1.29 is 14.0 Å². The summed E-state index contributed by atoms with van der Waals surface area (Å²) in [5.74, 6) is -3.26. The van der Waals surface area contributed by atoms with E-state index in [1.165, 1.54) is 30.5 Å². The van der Waals surface area contributed by atoms with E-state index in [2.05, 4.69) is 10.3 Å². The summed E-state index contributed by atoms with van der Waals surface area (Å²) < 4.78 is 13.5. The summed E-state index contributed by atoms with van der Waals surface area (Å²) in [6, 6.07) is 12.3. The Morgan fingerprint density at radius 1 is 1.23 bits per heavy atom. The Balaban J connectivity index is 2.08. The Bertz CT molecular complexity index is 726. The molecule has 6 heteroatoms. The van der Waals surface area contributed by atoms with E-state index >= 15 is 0 Å². The number of hydrogen-bond donors (Lipinski definition) is 1. The van der Waals surface area contributed by atoms with Gasteiger partial charge in [0.05, 0.1) is 6.07 Å². The number of carbonyl (C=O) groups is 2. The van der Waals surface area contributed by atoms with Crippen molar-refractivity contribution in [3.63, 3.8) is 0 Å². The van der Waals surface area contributed by atoms with E-state index in [-0.39, 0.29) is 17.8 Å². The number of Topliss-reactive ketones (excluding diaryl/α,β-unsaturated/α-hetero) is 1. The van der Waals surface area contributed by atoms with Gasteiger partial charge in [-0.05, 0) is 23.8 Å². The minimum atomic E-state index is -1.51. The third-order valence-electron chi connectivity index (χ3n) is 2.95. The van der Waals surface area contributed by atoms with Gasteiger partial charge in [-0.1, -0.05) is 24.3 Å². The van der Waals surface area contributed by atoms with Crippen molar-refractivity contribution in [2.75, 3.05) is 5.32 Å². The number of rotatable bonds is 5. The Hall–Kier alpha value is -3.07. The molecule has 1 amide bonds. The fourth-order valence-corrected chi connectivity index (χ4v) is 1.84. The van der Waals surface area contributed by atoms with Gasteiger partial charge in [0.2, 0.25) is 0 Å². The number of nitrogens with zero attached hydrogens (tertiary/aromatic N) is 2. The molecule has 0 bridgehead atoms. The number of carbonyl (C=O) groups excluding carboxylic acids is 2. The van der Waals surface area contributed by atoms with Crippen molar-refractivity contribution in [2.24, 2.45) is 5.92 Å². The lowest BCUT2D eigenvalue weighted by molar-refractivity contribution is -0.128. The summed E-state index contributed by atoms with van der Waals surface area (Å²) in [5.41, 5.74) is 0.151. The van der Waals surface area contributed by atoms with Crippen LogP contribution in [0.3, 0.4) is 0 Å². The highest BCUT2D eigenvalue weighted by molar-refractivity contribution is 6.09. The molecule has 0 saturated carbocycles. The number of amides is 1. The Morgan fingerprint density at radius 3 is 2.59 bits per heavy atom. The normalized spacial score (nSPS) is 11.3. The number of ketones is 1. The molecule has 1 aromatic heterocycles. The van der Waals surface area contributed by atoms with Crippen LogP contribution in [0.2, 0.25) is 0 Å². The van der Waals surface area contributed by atoms with Crippen LogP contribution in [0.1, 0.15) is 5.56 Å². The third-order valence-corrected chi connectivity index (χ3v) is 2.95. The molecule has 1 heterocycles. The number of pyridine rings is 1. The predicted molar refractivity (Wildman–Crippen MR) is 77.1 cm³/mol. The average molecular weight is 297 g/mol. The molecule has 0 aliphatic rings. The second-order valence-corrected chi connectivity index (χ2v) is 4.50. The van der Waals surface area contributed by atoms with Gasteiger partial charge < -0.3 is 5.32 Å². The lowest BCUT2D eigenvalue weighted by Crippen LogP contribution is -2.30. The maximum Gasteiger partial charge on any atom is 0.250 e. The second-order valence-electron chi connectivity index (χ2n) is 4.50. The molecular formula is C16H12FN3O2. The maximum absolute atomic E-state index is 13.5. The molecule has 2 rings (SSSR count). The SMILES string of the molecule is N#C[C@H](C(=O)Cc1ccccc1F)C(=O)Nc1ccccn1. The van der Waals surface area contributed by atoms with E-state index in [9.17, 15) is 14.0 Å². The smallest absolute Gasteiger partial charge is 0.250 e. The van der Waals surface area contributed by atoms with Crippen LogP contribution in [0.25, 0.3) is 0 Å². The van der Waals surface area contributed by atoms with Crippen molar-refractivity contribution >= 4 is 17.5 Å². The van der Waals surface area contributed by atoms with Gasteiger partial charge in [0.25, 0.3) is 5.91 Å². The van der Waals surface area contributed by atoms with Crippen molar-refractivity contribution in [3.05, 3.63) is 60.0 Å². The number of anilines is 1. The molecule has 0 saturated heterocycles. The summed E-state index contributed by atoms with van der Waals surface area (Å²) >= 11 is 0. The lowest BCUT2D eigenvalue weighted by Gasteiger charge is -2.09. The van der Waals surface area contributed by atoms with E-state index in [1.807, 2.05) is 0 Å². The molecule has 5 nitrogen and oxygen atoms in total. The molecule has 0 spiro atoms. The first-order chi connectivity index (χ1) is 10.6. The third kappa shape index (κ3) is 3.73. The molecule has 1 aromatic carbocycles. The number of benzene rings is 1. The number of halogens is 1. The molecule has 0 aliphatic carbocycles. The molecule has 0 unspecified atom stereocenters. The van der Waals surface area contributed by atoms with Gasteiger partial charge in [0.15, 0.2) is 11.7 Å². The summed E-state index contributed by atoms with van der Waals surface area (Å²) in [5, 5.41) is 11.4. The van der Waals surface area contributed by atoms with Crippen LogP contribution in [-0.4, -0.2) is 16.7 Å². The number of nitriles is 1. The molecule has 0 aliphatic heterocycles. The summed E-state index contributed by atoms with van der Waals surface area (Å²) in [6.07, 6.45) is 1.15. The fraction of sp³-hybridized carbons (Fsp3) is 0.125. The van der Waals surface area contributed by atoms with Gasteiger partial charge in [-0.2, -0.15) is 5.26 Å². The molecule has 22 heavy (non-hydrogen) atoms. The van der Waals surface area contributed by atoms with Crippen LogP contribution >= 0.6 is 0 Å². The molecule has 1 atom stereocenters. The lowest BCUT2D eigenvalue weighted by atomic mass is 9.98. The Labute approximate surface area is 126 Å². The van der Waals surface area contributed by atoms with Crippen LogP contribution in [0.5, 0.6) is 0 Å². The molecule has 0 fully saturated rings. The van der Waals surface area contributed by atoms with Crippen LogP contribution in [-0.2, 0) is 16.0 Å². The van der Waals surface area contributed by atoms with E-state index in [4.69, 9.17) is 5.26 Å². The van der Waals surface area contributed by atoms with Crippen molar-refractivity contribution in [3.8, 4) is 6.07 Å². The van der Waals surface area contributed by atoms with Crippen LogP contribution in [0.4, 0.5) is 10.2 Å².